The summed E-state index contributed by atoms with van der Waals surface area (Å²) in [6.45, 7) is 13.0. The van der Waals surface area contributed by atoms with Crippen molar-refractivity contribution >= 4 is 17.7 Å². The molecule has 1 aromatic heterocycles. The van der Waals surface area contributed by atoms with Gasteiger partial charge in [0.15, 0.2) is 11.0 Å². The van der Waals surface area contributed by atoms with Gasteiger partial charge >= 0.3 is 0 Å². The number of amides is 1. The first kappa shape index (κ1) is 19.7. The molecule has 1 amide bonds. The Morgan fingerprint density at radius 2 is 2.00 bits per heavy atom. The molecule has 0 radical (unpaired) electrons. The smallest absolute Gasteiger partial charge is 0.233 e. The van der Waals surface area contributed by atoms with Gasteiger partial charge in [0, 0.05) is 18.2 Å². The highest BCUT2D eigenvalue weighted by molar-refractivity contribution is 8.00. The minimum absolute atomic E-state index is 0.0618. The summed E-state index contributed by atoms with van der Waals surface area (Å²) in [5.41, 5.74) is 2.40. The van der Waals surface area contributed by atoms with E-state index in [0.717, 1.165) is 29.4 Å². The predicted octanol–water partition coefficient (Wildman–Crippen LogP) is 4.19. The van der Waals surface area contributed by atoms with E-state index in [1.807, 2.05) is 17.6 Å². The van der Waals surface area contributed by atoms with Gasteiger partial charge in [-0.25, -0.2) is 0 Å². The zero-order chi connectivity index (χ0) is 19.6. The second-order valence-corrected chi connectivity index (χ2v) is 9.38. The minimum atomic E-state index is -0.213. The third-order valence-electron chi connectivity index (χ3n) is 4.61. The van der Waals surface area contributed by atoms with E-state index < -0.39 is 0 Å². The van der Waals surface area contributed by atoms with Crippen LogP contribution in [0.1, 0.15) is 46.1 Å². The molecular weight excluding hydrogens is 356 g/mol. The van der Waals surface area contributed by atoms with Crippen molar-refractivity contribution < 1.29 is 4.79 Å². The maximum Gasteiger partial charge on any atom is 0.233 e. The molecule has 144 valence electrons. The van der Waals surface area contributed by atoms with Crippen LogP contribution >= 0.6 is 11.8 Å². The van der Waals surface area contributed by atoms with Crippen molar-refractivity contribution in [2.24, 2.45) is 0 Å². The minimum Gasteiger partial charge on any atom is -0.352 e. The summed E-state index contributed by atoms with van der Waals surface area (Å²) in [6, 6.07) is 8.81. The Morgan fingerprint density at radius 1 is 1.33 bits per heavy atom. The molecule has 1 saturated carbocycles. The van der Waals surface area contributed by atoms with Crippen molar-refractivity contribution in [2.45, 2.75) is 68.9 Å². The third kappa shape index (κ3) is 4.80. The van der Waals surface area contributed by atoms with Crippen LogP contribution in [-0.2, 0) is 16.8 Å². The number of hydrogen-bond acceptors (Lipinski definition) is 4. The van der Waals surface area contributed by atoms with Crippen molar-refractivity contribution in [1.29, 1.82) is 0 Å². The number of carbonyl (C=O) groups is 1. The van der Waals surface area contributed by atoms with E-state index in [2.05, 4.69) is 67.1 Å². The maximum absolute atomic E-state index is 12.3. The highest BCUT2D eigenvalue weighted by Gasteiger charge is 2.27. The summed E-state index contributed by atoms with van der Waals surface area (Å²) < 4.78 is 2.02. The van der Waals surface area contributed by atoms with Crippen LogP contribution in [0.5, 0.6) is 0 Å². The van der Waals surface area contributed by atoms with E-state index in [-0.39, 0.29) is 16.6 Å². The van der Waals surface area contributed by atoms with Gasteiger partial charge in [0.25, 0.3) is 0 Å². The quantitative estimate of drug-likeness (QED) is 0.574. The lowest BCUT2D eigenvalue weighted by Gasteiger charge is -2.19. The van der Waals surface area contributed by atoms with Gasteiger partial charge in [-0.05, 0) is 30.7 Å². The van der Waals surface area contributed by atoms with E-state index in [9.17, 15) is 4.79 Å². The van der Waals surface area contributed by atoms with Gasteiger partial charge in [0.2, 0.25) is 5.91 Å². The van der Waals surface area contributed by atoms with Crippen molar-refractivity contribution in [3.8, 4) is 11.4 Å². The van der Waals surface area contributed by atoms with Gasteiger partial charge in [-0.3, -0.25) is 9.36 Å². The number of thioether (sulfide) groups is 1. The lowest BCUT2D eigenvalue weighted by molar-refractivity contribution is -0.120. The summed E-state index contributed by atoms with van der Waals surface area (Å²) in [7, 11) is 0. The van der Waals surface area contributed by atoms with Gasteiger partial charge in [-0.2, -0.15) is 0 Å². The van der Waals surface area contributed by atoms with Crippen molar-refractivity contribution in [3.05, 3.63) is 42.5 Å². The summed E-state index contributed by atoms with van der Waals surface area (Å²) >= 11 is 1.44. The molecule has 3 rings (SSSR count). The van der Waals surface area contributed by atoms with Crippen LogP contribution in [-0.4, -0.2) is 32.0 Å². The molecule has 0 saturated heterocycles. The number of benzene rings is 1. The fraction of sp³-hybridized carbons (Fsp3) is 0.476. The van der Waals surface area contributed by atoms with Crippen molar-refractivity contribution in [2.75, 3.05) is 0 Å². The Kier molecular flexibility index (Phi) is 5.75. The Morgan fingerprint density at radius 3 is 2.56 bits per heavy atom. The maximum atomic E-state index is 12.3. The molecule has 6 heteroatoms. The topological polar surface area (TPSA) is 59.8 Å². The highest BCUT2D eigenvalue weighted by atomic mass is 32.2. The van der Waals surface area contributed by atoms with Crippen LogP contribution in [0.15, 0.2) is 42.1 Å². The lowest BCUT2D eigenvalue weighted by Crippen LogP contribution is -2.32. The lowest BCUT2D eigenvalue weighted by atomic mass is 9.87. The number of hydrogen-bond donors (Lipinski definition) is 1. The normalized spacial score (nSPS) is 15.4. The molecule has 0 bridgehead atoms. The van der Waals surface area contributed by atoms with E-state index >= 15 is 0 Å². The fourth-order valence-electron chi connectivity index (χ4n) is 2.76. The second kappa shape index (κ2) is 7.89. The molecule has 1 aliphatic rings. The summed E-state index contributed by atoms with van der Waals surface area (Å²) in [5.74, 6) is 0.861. The number of aromatic nitrogens is 3. The second-order valence-electron chi connectivity index (χ2n) is 8.08. The first-order chi connectivity index (χ1) is 12.8. The number of allylic oxidation sites excluding steroid dienone is 1. The molecule has 1 fully saturated rings. The molecule has 1 unspecified atom stereocenters. The summed E-state index contributed by atoms with van der Waals surface area (Å²) in [6.07, 6.45) is 4.00. The van der Waals surface area contributed by atoms with Crippen LogP contribution in [0.2, 0.25) is 0 Å². The molecular formula is C21H28N4OS. The molecule has 1 N–H and O–H groups in total. The zero-order valence-corrected chi connectivity index (χ0v) is 17.3. The van der Waals surface area contributed by atoms with Gasteiger partial charge in [-0.15, -0.1) is 16.8 Å². The Hall–Kier alpha value is -2.08. The average molecular weight is 385 g/mol. The molecule has 1 heterocycles. The first-order valence-corrected chi connectivity index (χ1v) is 10.3. The van der Waals surface area contributed by atoms with Gasteiger partial charge in [0.1, 0.15) is 0 Å². The molecule has 0 aliphatic heterocycles. The Balaban J connectivity index is 1.82. The van der Waals surface area contributed by atoms with Gasteiger partial charge in [-0.1, -0.05) is 62.9 Å². The molecule has 1 aromatic carbocycles. The third-order valence-corrected chi connectivity index (χ3v) is 5.69. The van der Waals surface area contributed by atoms with Crippen LogP contribution < -0.4 is 5.32 Å². The van der Waals surface area contributed by atoms with Crippen LogP contribution in [0.3, 0.4) is 0 Å². The zero-order valence-electron chi connectivity index (χ0n) is 16.5. The Labute approximate surface area is 165 Å². The van der Waals surface area contributed by atoms with Crippen LogP contribution in [0.4, 0.5) is 0 Å². The highest BCUT2D eigenvalue weighted by Crippen LogP contribution is 2.29. The molecule has 0 spiro atoms. The monoisotopic (exact) mass is 384 g/mol. The number of nitrogens with zero attached hydrogens (tertiary/aromatic N) is 3. The van der Waals surface area contributed by atoms with Gasteiger partial charge in [0.05, 0.1) is 5.25 Å². The van der Waals surface area contributed by atoms with Crippen LogP contribution in [0.25, 0.3) is 11.4 Å². The molecule has 5 nitrogen and oxygen atoms in total. The van der Waals surface area contributed by atoms with Crippen LogP contribution in [0, 0.1) is 0 Å². The first-order valence-electron chi connectivity index (χ1n) is 9.41. The molecule has 1 atom stereocenters. The standard InChI is InChI=1S/C21H28N4OS/c1-6-13-25-18(15-7-9-16(10-8-15)21(3,4)5)23-24-20(25)27-14(2)19(26)22-17-11-12-17/h6-10,14,17H,1,11-13H2,2-5H3,(H,22,26). The molecule has 27 heavy (non-hydrogen) atoms. The summed E-state index contributed by atoms with van der Waals surface area (Å²) in [5, 5.41) is 12.3. The number of rotatable bonds is 7. The SMILES string of the molecule is C=CCn1c(SC(C)C(=O)NC2CC2)nnc1-c1ccc(C(C)(C)C)cc1. The van der Waals surface area contributed by atoms with Crippen molar-refractivity contribution in [3.63, 3.8) is 0 Å². The summed E-state index contributed by atoms with van der Waals surface area (Å²) in [4.78, 5) is 12.3. The van der Waals surface area contributed by atoms with Crippen molar-refractivity contribution in [1.82, 2.24) is 20.1 Å². The molecule has 2 aromatic rings. The molecule has 1 aliphatic carbocycles. The van der Waals surface area contributed by atoms with E-state index in [4.69, 9.17) is 0 Å². The predicted molar refractivity (Wildman–Crippen MR) is 111 cm³/mol. The largest absolute Gasteiger partial charge is 0.352 e. The number of nitrogens with one attached hydrogen (secondary N) is 1. The Bertz CT molecular complexity index is 816. The van der Waals surface area contributed by atoms with E-state index in [0.29, 0.717) is 12.6 Å². The van der Waals surface area contributed by atoms with E-state index in [1.165, 1.54) is 17.3 Å². The fourth-order valence-corrected chi connectivity index (χ4v) is 3.63. The van der Waals surface area contributed by atoms with E-state index in [1.54, 1.807) is 0 Å². The van der Waals surface area contributed by atoms with Gasteiger partial charge < -0.3 is 5.32 Å². The average Bonchev–Trinajstić information content (AvgIpc) is 3.35. The number of carbonyl (C=O) groups excluding carboxylic acids is 1.